The first-order valence-electron chi connectivity index (χ1n) is 13.2. The minimum Gasteiger partial charge on any atom is -0.501 e. The van der Waals surface area contributed by atoms with Gasteiger partial charge in [-0.15, -0.1) is 0 Å². The molecule has 210 valence electrons. The van der Waals surface area contributed by atoms with Crippen molar-refractivity contribution in [3.63, 3.8) is 0 Å². The number of carbonyl (C=O) groups excluding carboxylic acids is 3. The number of allylic oxidation sites excluding steroid dienone is 2. The van der Waals surface area contributed by atoms with E-state index in [1.54, 1.807) is 19.1 Å². The lowest BCUT2D eigenvalue weighted by Crippen LogP contribution is -2.32. The van der Waals surface area contributed by atoms with Crippen molar-refractivity contribution in [1.82, 2.24) is 9.80 Å². The molecule has 8 nitrogen and oxygen atoms in total. The fourth-order valence-electron chi connectivity index (χ4n) is 4.12. The monoisotopic (exact) mass is 540 g/mol. The van der Waals surface area contributed by atoms with Crippen LogP contribution in [0.25, 0.3) is 0 Å². The molecule has 0 bridgehead atoms. The molecule has 0 aliphatic carbocycles. The molecule has 0 aromatic heterocycles. The molecule has 1 fully saturated rings. The van der Waals surface area contributed by atoms with Crippen molar-refractivity contribution in [2.24, 2.45) is 0 Å². The number of ether oxygens (including phenoxy) is 2. The minimum atomic E-state index is -0.842. The van der Waals surface area contributed by atoms with Crippen molar-refractivity contribution >= 4 is 29.3 Å². The number of methoxy groups -OCH3 is 2. The van der Waals surface area contributed by atoms with Gasteiger partial charge in [0, 0.05) is 45.2 Å². The van der Waals surface area contributed by atoms with Crippen molar-refractivity contribution < 1.29 is 29.0 Å². The molecule has 0 spiro atoms. The van der Waals surface area contributed by atoms with Gasteiger partial charge >= 0.3 is 0 Å². The van der Waals surface area contributed by atoms with E-state index in [-0.39, 0.29) is 37.9 Å². The Hall–Kier alpha value is -2.16. The Balaban J connectivity index is 2.45. The van der Waals surface area contributed by atoms with Crippen LogP contribution in [0.15, 0.2) is 35.1 Å². The standard InChI is InChI=1S/C28H45ClN2O6/c1-5-6-7-8-10-13-24(36-3)14-11-9-12-15-26(33)30(2)20-22(19-29)16-25(37-4)18-28(35)31-21-23(32)17-27(31)34/h9,11,18-19,23-24,32H,5-8,10,12-17,20-21H2,1-4H3. The maximum Gasteiger partial charge on any atom is 0.256 e. The normalized spacial score (nSPS) is 17.5. The number of hydrogen-bond acceptors (Lipinski definition) is 6. The lowest BCUT2D eigenvalue weighted by Gasteiger charge is -2.19. The number of hydrogen-bond donors (Lipinski definition) is 1. The number of halogens is 1. The summed E-state index contributed by atoms with van der Waals surface area (Å²) in [7, 11) is 4.88. The van der Waals surface area contributed by atoms with Crippen LogP contribution in [0.2, 0.25) is 0 Å². The number of β-amino-alcohol motifs (C(OH)–C–C–N with tert-alkyl or cyclic N) is 1. The fourth-order valence-corrected chi connectivity index (χ4v) is 4.26. The van der Waals surface area contributed by atoms with Gasteiger partial charge in [-0.3, -0.25) is 19.3 Å². The van der Waals surface area contributed by atoms with E-state index < -0.39 is 17.9 Å². The van der Waals surface area contributed by atoms with E-state index in [1.165, 1.54) is 50.8 Å². The highest BCUT2D eigenvalue weighted by Crippen LogP contribution is 2.18. The average molecular weight is 541 g/mol. The first-order chi connectivity index (χ1) is 17.7. The summed E-state index contributed by atoms with van der Waals surface area (Å²) in [5, 5.41) is 9.59. The Kier molecular flexibility index (Phi) is 16.9. The van der Waals surface area contributed by atoms with Crippen LogP contribution in [0, 0.1) is 0 Å². The molecule has 1 aliphatic rings. The quantitative estimate of drug-likeness (QED) is 0.117. The van der Waals surface area contributed by atoms with E-state index in [4.69, 9.17) is 21.1 Å². The van der Waals surface area contributed by atoms with Gasteiger partial charge in [0.15, 0.2) is 0 Å². The van der Waals surface area contributed by atoms with Crippen LogP contribution < -0.4 is 0 Å². The van der Waals surface area contributed by atoms with E-state index in [0.717, 1.165) is 17.7 Å². The third-order valence-corrected chi connectivity index (χ3v) is 6.70. The molecule has 37 heavy (non-hydrogen) atoms. The van der Waals surface area contributed by atoms with Crippen molar-refractivity contribution in [3.05, 3.63) is 35.1 Å². The molecule has 1 rings (SSSR count). The average Bonchev–Trinajstić information content (AvgIpc) is 3.23. The largest absolute Gasteiger partial charge is 0.501 e. The summed E-state index contributed by atoms with van der Waals surface area (Å²) in [5.41, 5.74) is 2.06. The first-order valence-corrected chi connectivity index (χ1v) is 13.7. The molecule has 0 aromatic rings. The van der Waals surface area contributed by atoms with Crippen molar-refractivity contribution in [1.29, 1.82) is 0 Å². The van der Waals surface area contributed by atoms with Crippen LogP contribution in [0.4, 0.5) is 0 Å². The Morgan fingerprint density at radius 3 is 2.54 bits per heavy atom. The van der Waals surface area contributed by atoms with Crippen LogP contribution in [-0.2, 0) is 23.9 Å². The maximum absolute atomic E-state index is 12.6. The molecule has 0 saturated carbocycles. The lowest BCUT2D eigenvalue weighted by molar-refractivity contribution is -0.139. The Labute approximate surface area is 227 Å². The third kappa shape index (κ3) is 13.3. The molecule has 1 aliphatic heterocycles. The number of carbonyl (C=O) groups is 3. The van der Waals surface area contributed by atoms with E-state index in [2.05, 4.69) is 13.0 Å². The topological polar surface area (TPSA) is 96.4 Å². The van der Waals surface area contributed by atoms with Gasteiger partial charge in [-0.05, 0) is 24.8 Å². The highest BCUT2D eigenvalue weighted by atomic mass is 35.5. The number of likely N-dealkylation sites (N-methyl/N-ethyl adjacent to an activating group) is 1. The van der Waals surface area contributed by atoms with Gasteiger partial charge in [-0.1, -0.05) is 62.8 Å². The Bertz CT molecular complexity index is 810. The van der Waals surface area contributed by atoms with Gasteiger partial charge in [0.1, 0.15) is 5.76 Å². The van der Waals surface area contributed by atoms with Gasteiger partial charge in [-0.2, -0.15) is 0 Å². The predicted octanol–water partition coefficient (Wildman–Crippen LogP) is 4.71. The highest BCUT2D eigenvalue weighted by Gasteiger charge is 2.32. The van der Waals surface area contributed by atoms with Crippen LogP contribution in [0.1, 0.15) is 77.6 Å². The molecule has 3 amide bonds. The minimum absolute atomic E-state index is 0.0180. The second kappa shape index (κ2) is 19.0. The SMILES string of the molecule is CCCCCCCC(CC=CCCC(=O)N(C)CC(=CCl)CC(=CC(=O)N1CC(O)CC1=O)OC)OC. The second-order valence-corrected chi connectivity index (χ2v) is 9.73. The number of imide groups is 1. The molecule has 9 heteroatoms. The number of rotatable bonds is 18. The zero-order chi connectivity index (χ0) is 27.6. The molecule has 0 radical (unpaired) electrons. The number of amides is 3. The summed E-state index contributed by atoms with van der Waals surface area (Å²) < 4.78 is 10.9. The number of nitrogens with zero attached hydrogens (tertiary/aromatic N) is 2. The molecule has 2 atom stereocenters. The molecule has 1 saturated heterocycles. The first kappa shape index (κ1) is 32.9. The number of aliphatic hydroxyl groups is 1. The summed E-state index contributed by atoms with van der Waals surface area (Å²) in [6.45, 7) is 2.47. The zero-order valence-electron chi connectivity index (χ0n) is 22.9. The van der Waals surface area contributed by atoms with E-state index >= 15 is 0 Å². The molecular formula is C28H45ClN2O6. The third-order valence-electron chi connectivity index (χ3n) is 6.39. The molecular weight excluding hydrogens is 496 g/mol. The predicted molar refractivity (Wildman–Crippen MR) is 146 cm³/mol. The van der Waals surface area contributed by atoms with Gasteiger partial charge in [-0.25, -0.2) is 0 Å². The summed E-state index contributed by atoms with van der Waals surface area (Å²) in [5.74, 6) is -0.670. The van der Waals surface area contributed by atoms with Crippen molar-refractivity contribution in [2.75, 3.05) is 34.4 Å². The Morgan fingerprint density at radius 2 is 1.95 bits per heavy atom. The fraction of sp³-hybridized carbons (Fsp3) is 0.679. The van der Waals surface area contributed by atoms with Gasteiger partial charge < -0.3 is 19.5 Å². The zero-order valence-corrected chi connectivity index (χ0v) is 23.7. The highest BCUT2D eigenvalue weighted by molar-refractivity contribution is 6.25. The molecule has 1 heterocycles. The summed E-state index contributed by atoms with van der Waals surface area (Å²) in [6.07, 6.45) is 14.0. The van der Waals surface area contributed by atoms with Crippen molar-refractivity contribution in [3.8, 4) is 0 Å². The molecule has 2 unspecified atom stereocenters. The molecule has 0 aromatic carbocycles. The number of unbranched alkanes of at least 4 members (excludes halogenated alkanes) is 4. The number of likely N-dealkylation sites (tertiary alicyclic amines) is 1. The summed E-state index contributed by atoms with van der Waals surface area (Å²) in [6, 6.07) is 0. The maximum atomic E-state index is 12.6. The van der Waals surface area contributed by atoms with E-state index in [0.29, 0.717) is 24.2 Å². The van der Waals surface area contributed by atoms with Gasteiger partial charge in [0.05, 0.1) is 32.3 Å². The summed E-state index contributed by atoms with van der Waals surface area (Å²) >= 11 is 5.98. The van der Waals surface area contributed by atoms with Crippen LogP contribution in [0.3, 0.4) is 0 Å². The smallest absolute Gasteiger partial charge is 0.256 e. The Morgan fingerprint density at radius 1 is 1.22 bits per heavy atom. The van der Waals surface area contributed by atoms with E-state index in [1.807, 2.05) is 6.08 Å². The lowest BCUT2D eigenvalue weighted by atomic mass is 10.1. The van der Waals surface area contributed by atoms with E-state index in [9.17, 15) is 19.5 Å². The second-order valence-electron chi connectivity index (χ2n) is 9.52. The summed E-state index contributed by atoms with van der Waals surface area (Å²) in [4.78, 5) is 39.4. The van der Waals surface area contributed by atoms with Gasteiger partial charge in [0.25, 0.3) is 5.91 Å². The van der Waals surface area contributed by atoms with Crippen LogP contribution >= 0.6 is 11.6 Å². The van der Waals surface area contributed by atoms with Crippen LogP contribution in [-0.4, -0.2) is 79.2 Å². The van der Waals surface area contributed by atoms with Crippen LogP contribution in [0.5, 0.6) is 0 Å². The molecule has 1 N–H and O–H groups in total. The van der Waals surface area contributed by atoms with Crippen molar-refractivity contribution in [2.45, 2.75) is 89.8 Å². The number of aliphatic hydroxyl groups excluding tert-OH is 1. The van der Waals surface area contributed by atoms with Gasteiger partial charge in [0.2, 0.25) is 11.8 Å².